The molecule has 0 spiro atoms. The Morgan fingerprint density at radius 3 is 2.83 bits per heavy atom. The van der Waals surface area contributed by atoms with E-state index in [1.807, 2.05) is 6.07 Å². The van der Waals surface area contributed by atoms with Gasteiger partial charge in [0.25, 0.3) is 0 Å². The summed E-state index contributed by atoms with van der Waals surface area (Å²) in [5.41, 5.74) is 1.69. The third-order valence-corrected chi connectivity index (χ3v) is 8.13. The van der Waals surface area contributed by atoms with Crippen molar-refractivity contribution in [3.63, 3.8) is 0 Å². The molecule has 2 saturated heterocycles. The van der Waals surface area contributed by atoms with Gasteiger partial charge in [0.2, 0.25) is 5.95 Å². The van der Waals surface area contributed by atoms with E-state index in [1.54, 1.807) is 12.4 Å². The van der Waals surface area contributed by atoms with Crippen LogP contribution in [0, 0.1) is 23.2 Å². The number of piperazine rings is 1. The lowest BCUT2D eigenvalue weighted by atomic mass is 9.55. The van der Waals surface area contributed by atoms with Crippen molar-refractivity contribution < 1.29 is 14.4 Å². The first-order valence-electron chi connectivity index (χ1n) is 11.3. The molecular formula is C23H33N4O2+. The molecule has 0 unspecified atom stereocenters. The normalized spacial score (nSPS) is 37.8. The van der Waals surface area contributed by atoms with Crippen molar-refractivity contribution >= 4 is 11.9 Å². The maximum atomic E-state index is 12.8. The summed E-state index contributed by atoms with van der Waals surface area (Å²) >= 11 is 0. The van der Waals surface area contributed by atoms with E-state index < -0.39 is 0 Å². The minimum Gasteiger partial charge on any atom is -0.462 e. The van der Waals surface area contributed by atoms with Crippen LogP contribution in [-0.2, 0) is 9.53 Å². The topological polar surface area (TPSA) is 59.8 Å². The van der Waals surface area contributed by atoms with Gasteiger partial charge in [-0.2, -0.15) is 0 Å². The number of fused-ring (bicyclic) bond motifs is 2. The molecule has 1 N–H and O–H groups in total. The van der Waals surface area contributed by atoms with Crippen LogP contribution in [0.4, 0.5) is 5.95 Å². The summed E-state index contributed by atoms with van der Waals surface area (Å²) in [6.45, 7) is 11.6. The molecule has 2 aliphatic heterocycles. The number of aromatic nitrogens is 2. The Hall–Kier alpha value is -1.95. The minimum absolute atomic E-state index is 0.0498. The highest BCUT2D eigenvalue weighted by Crippen LogP contribution is 2.56. The van der Waals surface area contributed by atoms with E-state index in [0.29, 0.717) is 11.8 Å². The van der Waals surface area contributed by atoms with E-state index >= 15 is 0 Å². The fourth-order valence-electron chi connectivity index (χ4n) is 6.48. The van der Waals surface area contributed by atoms with Gasteiger partial charge in [-0.05, 0) is 49.5 Å². The Labute approximate surface area is 173 Å². The average Bonchev–Trinajstić information content (AvgIpc) is 3.01. The van der Waals surface area contributed by atoms with Gasteiger partial charge in [0.1, 0.15) is 12.0 Å². The second-order valence-corrected chi connectivity index (χ2v) is 9.89. The number of rotatable bonds is 3. The van der Waals surface area contributed by atoms with Crippen molar-refractivity contribution in [1.29, 1.82) is 0 Å². The number of carbonyl (C=O) groups excluding carboxylic acids is 1. The second-order valence-electron chi connectivity index (χ2n) is 9.89. The number of quaternary nitrogens is 1. The Morgan fingerprint density at radius 1 is 1.31 bits per heavy atom. The van der Waals surface area contributed by atoms with Crippen molar-refractivity contribution in [2.24, 2.45) is 23.2 Å². The molecule has 156 valence electrons. The van der Waals surface area contributed by atoms with Crippen molar-refractivity contribution in [2.75, 3.05) is 37.6 Å². The predicted octanol–water partition coefficient (Wildman–Crippen LogP) is 1.50. The molecule has 5 atom stereocenters. The zero-order chi connectivity index (χ0) is 20.0. The van der Waals surface area contributed by atoms with Crippen LogP contribution in [0.5, 0.6) is 0 Å². The van der Waals surface area contributed by atoms with Crippen molar-refractivity contribution in [3.8, 4) is 0 Å². The van der Waals surface area contributed by atoms with Crippen LogP contribution in [-0.4, -0.2) is 54.8 Å². The lowest BCUT2D eigenvalue weighted by Crippen LogP contribution is -3.15. The van der Waals surface area contributed by atoms with Gasteiger partial charge in [-0.15, -0.1) is 0 Å². The summed E-state index contributed by atoms with van der Waals surface area (Å²) in [6.07, 6.45) is 9.48. The lowest BCUT2D eigenvalue weighted by Gasteiger charge is -2.50. The first-order valence-corrected chi connectivity index (χ1v) is 11.3. The number of carbonyl (C=O) groups is 1. The third-order valence-electron chi connectivity index (χ3n) is 8.13. The third kappa shape index (κ3) is 3.45. The van der Waals surface area contributed by atoms with E-state index in [0.717, 1.165) is 57.9 Å². The van der Waals surface area contributed by atoms with Crippen molar-refractivity contribution in [1.82, 2.24) is 9.97 Å². The molecule has 1 aromatic rings. The van der Waals surface area contributed by atoms with Gasteiger partial charge in [-0.1, -0.05) is 19.1 Å². The van der Waals surface area contributed by atoms with Crippen LogP contribution in [0.2, 0.25) is 0 Å². The van der Waals surface area contributed by atoms with Gasteiger partial charge < -0.3 is 14.5 Å². The molecule has 0 amide bonds. The Balaban J connectivity index is 1.23. The van der Waals surface area contributed by atoms with Gasteiger partial charge >= 0.3 is 5.97 Å². The first-order chi connectivity index (χ1) is 14.0. The molecule has 4 aliphatic rings. The van der Waals surface area contributed by atoms with Crippen LogP contribution in [0.15, 0.2) is 30.6 Å². The molecular weight excluding hydrogens is 364 g/mol. The molecule has 1 aromatic heterocycles. The average molecular weight is 398 g/mol. The number of nitrogens with zero attached hydrogens (tertiary/aromatic N) is 3. The van der Waals surface area contributed by atoms with Crippen LogP contribution in [0.3, 0.4) is 0 Å². The van der Waals surface area contributed by atoms with Crippen LogP contribution >= 0.6 is 0 Å². The molecule has 5 rings (SSSR count). The number of hydrogen-bond acceptors (Lipinski definition) is 5. The quantitative estimate of drug-likeness (QED) is 0.619. The zero-order valence-electron chi connectivity index (χ0n) is 17.5. The number of ether oxygens (including phenoxy) is 1. The van der Waals surface area contributed by atoms with Crippen molar-refractivity contribution in [2.45, 2.75) is 45.1 Å². The zero-order valence-corrected chi connectivity index (χ0v) is 17.5. The van der Waals surface area contributed by atoms with E-state index in [9.17, 15) is 4.79 Å². The molecule has 4 fully saturated rings. The van der Waals surface area contributed by atoms with Gasteiger partial charge in [0.15, 0.2) is 0 Å². The van der Waals surface area contributed by atoms with E-state index in [-0.39, 0.29) is 23.4 Å². The largest absolute Gasteiger partial charge is 0.462 e. The molecule has 0 aromatic carbocycles. The number of allylic oxidation sites excluding steroid dienone is 1. The van der Waals surface area contributed by atoms with Crippen LogP contribution in [0.1, 0.15) is 39.0 Å². The minimum atomic E-state index is 0.0498. The second kappa shape index (κ2) is 7.38. The summed E-state index contributed by atoms with van der Waals surface area (Å²) in [5.74, 6) is 1.85. The number of anilines is 1. The predicted molar refractivity (Wildman–Crippen MR) is 110 cm³/mol. The molecule has 0 bridgehead atoms. The standard InChI is InChI=1S/C23H32N4O2/c1-16-5-3-6-23(2)14-20-17(13-19(16)23)18(21(28)29-20)15-26-9-11-27(12-10-26)22-24-7-4-8-25-22/h4,7-8,17-20H,1,3,5-6,9-15H2,2H3/p+1/t17-,18+,19-,20-,23-/m1/s1. The van der Waals surface area contributed by atoms with E-state index in [4.69, 9.17) is 4.74 Å². The van der Waals surface area contributed by atoms with Crippen molar-refractivity contribution in [3.05, 3.63) is 30.6 Å². The summed E-state index contributed by atoms with van der Waals surface area (Å²) in [5, 5.41) is 0. The fourth-order valence-corrected chi connectivity index (χ4v) is 6.48. The maximum Gasteiger partial charge on any atom is 0.315 e. The highest BCUT2D eigenvalue weighted by Gasteiger charge is 2.56. The van der Waals surface area contributed by atoms with Crippen LogP contribution in [0.25, 0.3) is 0 Å². The van der Waals surface area contributed by atoms with Gasteiger partial charge in [-0.3, -0.25) is 4.79 Å². The number of hydrogen-bond donors (Lipinski definition) is 1. The van der Waals surface area contributed by atoms with Crippen LogP contribution < -0.4 is 9.80 Å². The molecule has 29 heavy (non-hydrogen) atoms. The van der Waals surface area contributed by atoms with Gasteiger partial charge in [0.05, 0.1) is 32.7 Å². The smallest absolute Gasteiger partial charge is 0.315 e. The lowest BCUT2D eigenvalue weighted by molar-refractivity contribution is -0.903. The first kappa shape index (κ1) is 19.0. The highest BCUT2D eigenvalue weighted by molar-refractivity contribution is 5.75. The molecule has 3 heterocycles. The van der Waals surface area contributed by atoms with E-state index in [2.05, 4.69) is 28.4 Å². The Morgan fingerprint density at radius 2 is 2.07 bits per heavy atom. The van der Waals surface area contributed by atoms with Gasteiger partial charge in [0, 0.05) is 18.3 Å². The SMILES string of the molecule is C=C1CCC[C@]2(C)C[C@H]3OC(=O)[C@@H](C[NH+]4CCN(c5ncccn5)CC4)[C@H]3C[C@H]12. The molecule has 6 heteroatoms. The van der Waals surface area contributed by atoms with Gasteiger partial charge in [-0.25, -0.2) is 9.97 Å². The summed E-state index contributed by atoms with van der Waals surface area (Å²) in [7, 11) is 0. The molecule has 2 aliphatic carbocycles. The maximum absolute atomic E-state index is 12.8. The Kier molecular flexibility index (Phi) is 4.85. The fraction of sp³-hybridized carbons (Fsp3) is 0.696. The molecule has 2 saturated carbocycles. The van der Waals surface area contributed by atoms with E-state index in [1.165, 1.54) is 23.3 Å². The summed E-state index contributed by atoms with van der Waals surface area (Å²) in [4.78, 5) is 25.3. The Bertz CT molecular complexity index is 776. The molecule has 0 radical (unpaired) electrons. The molecule has 6 nitrogen and oxygen atoms in total. The monoisotopic (exact) mass is 397 g/mol. The highest BCUT2D eigenvalue weighted by atomic mass is 16.6. The summed E-state index contributed by atoms with van der Waals surface area (Å²) < 4.78 is 5.95. The summed E-state index contributed by atoms with van der Waals surface area (Å²) in [6, 6.07) is 1.85. The number of nitrogens with one attached hydrogen (secondary N) is 1. The number of esters is 1.